The van der Waals surface area contributed by atoms with E-state index >= 15 is 0 Å². The molecule has 0 N–H and O–H groups in total. The number of carbonyl (C=O) groups excluding carboxylic acids is 1. The molecule has 0 spiro atoms. The lowest BCUT2D eigenvalue weighted by Crippen LogP contribution is -2.32. The number of amides is 1. The normalized spacial score (nSPS) is 16.9. The molecule has 90 valence electrons. The molecule has 0 saturated carbocycles. The van der Waals surface area contributed by atoms with Crippen LogP contribution in [-0.4, -0.2) is 22.5 Å². The lowest BCUT2D eigenvalue weighted by molar-refractivity contribution is -0.405. The van der Waals surface area contributed by atoms with Crippen molar-refractivity contribution in [2.75, 3.05) is 0 Å². The lowest BCUT2D eigenvalue weighted by atomic mass is 9.92. The Hall–Kier alpha value is -1.12. The van der Waals surface area contributed by atoms with Crippen molar-refractivity contribution in [3.63, 3.8) is 0 Å². The van der Waals surface area contributed by atoms with Crippen molar-refractivity contribution in [1.82, 2.24) is 0 Å². The molecule has 3 heteroatoms. The third-order valence-electron chi connectivity index (χ3n) is 2.22. The molecule has 1 heterocycles. The standard InChI is InChI=1S/C13H22NO2/c1-12(2,3)10-8-7-9-14(10)11(15)16-13(4,5)6/h8-9H,7H2,1-6H3/q+1. The molecule has 3 nitrogen and oxygen atoms in total. The lowest BCUT2D eigenvalue weighted by Gasteiger charge is -2.20. The van der Waals surface area contributed by atoms with Crippen LogP contribution in [0.2, 0.25) is 0 Å². The zero-order chi connectivity index (χ0) is 12.6. The molecule has 0 fully saturated rings. The van der Waals surface area contributed by atoms with Crippen LogP contribution in [0.3, 0.4) is 0 Å². The predicted molar refractivity (Wildman–Crippen MR) is 64.7 cm³/mol. The zero-order valence-electron chi connectivity index (χ0n) is 11.1. The number of hydrogen-bond donors (Lipinski definition) is 0. The summed E-state index contributed by atoms with van der Waals surface area (Å²) in [7, 11) is 0. The molecule has 0 radical (unpaired) electrons. The fourth-order valence-corrected chi connectivity index (χ4v) is 1.62. The summed E-state index contributed by atoms with van der Waals surface area (Å²) in [5, 5.41) is 0. The van der Waals surface area contributed by atoms with Crippen LogP contribution in [0.5, 0.6) is 0 Å². The van der Waals surface area contributed by atoms with E-state index in [0.717, 1.165) is 12.1 Å². The van der Waals surface area contributed by atoms with Gasteiger partial charge in [-0.15, -0.1) is 0 Å². The smallest absolute Gasteiger partial charge is 0.406 e. The highest BCUT2D eigenvalue weighted by molar-refractivity contribution is 5.70. The fourth-order valence-electron chi connectivity index (χ4n) is 1.62. The minimum atomic E-state index is -0.448. The van der Waals surface area contributed by atoms with E-state index in [-0.39, 0.29) is 11.5 Å². The van der Waals surface area contributed by atoms with Gasteiger partial charge in [0.2, 0.25) is 0 Å². The number of ether oxygens (including phenoxy) is 1. The van der Waals surface area contributed by atoms with Gasteiger partial charge in [-0.1, -0.05) is 25.3 Å². The Bertz CT molecular complexity index is 351. The summed E-state index contributed by atoms with van der Waals surface area (Å²) in [4.78, 5) is 11.9. The second-order valence-electron chi connectivity index (χ2n) is 6.11. The van der Waals surface area contributed by atoms with Crippen LogP contribution >= 0.6 is 0 Å². The highest BCUT2D eigenvalue weighted by Crippen LogP contribution is 2.29. The molecular formula is C13H22NO2+. The molecule has 0 saturated heterocycles. The topological polar surface area (TPSA) is 29.3 Å². The van der Waals surface area contributed by atoms with E-state index in [9.17, 15) is 4.79 Å². The van der Waals surface area contributed by atoms with Crippen molar-refractivity contribution in [2.24, 2.45) is 5.41 Å². The number of hydrogen-bond acceptors (Lipinski definition) is 2. The largest absolute Gasteiger partial charge is 0.602 e. The Labute approximate surface area is 97.8 Å². The molecule has 0 atom stereocenters. The third-order valence-corrected chi connectivity index (χ3v) is 2.22. The molecule has 0 bridgehead atoms. The fraction of sp³-hybridized carbons (Fsp3) is 0.692. The Balaban J connectivity index is 2.84. The SMILES string of the molecule is CC(C)(C)OC(=O)[N+]1=CCC=C1C(C)(C)C. The van der Waals surface area contributed by atoms with Crippen molar-refractivity contribution in [2.45, 2.75) is 53.6 Å². The Morgan fingerprint density at radius 1 is 1.25 bits per heavy atom. The molecule has 0 aromatic carbocycles. The summed E-state index contributed by atoms with van der Waals surface area (Å²) in [5.41, 5.74) is 0.530. The first kappa shape index (κ1) is 12.9. The number of allylic oxidation sites excluding steroid dienone is 2. The van der Waals surface area contributed by atoms with Crippen LogP contribution in [0.25, 0.3) is 0 Å². The third kappa shape index (κ3) is 3.19. The average molecular weight is 224 g/mol. The van der Waals surface area contributed by atoms with Crippen molar-refractivity contribution >= 4 is 12.3 Å². The molecule has 1 amide bonds. The van der Waals surface area contributed by atoms with Gasteiger partial charge < -0.3 is 4.74 Å². The van der Waals surface area contributed by atoms with Gasteiger partial charge in [0, 0.05) is 5.41 Å². The van der Waals surface area contributed by atoms with Gasteiger partial charge in [0.05, 0.1) is 6.42 Å². The molecule has 0 aromatic heterocycles. The highest BCUT2D eigenvalue weighted by Gasteiger charge is 2.38. The summed E-state index contributed by atoms with van der Waals surface area (Å²) in [5.74, 6) is 0. The van der Waals surface area contributed by atoms with Gasteiger partial charge in [0.15, 0.2) is 11.9 Å². The molecule has 0 unspecified atom stereocenters. The van der Waals surface area contributed by atoms with Gasteiger partial charge in [-0.25, -0.2) is 0 Å². The van der Waals surface area contributed by atoms with E-state index < -0.39 is 5.60 Å². The van der Waals surface area contributed by atoms with E-state index in [1.165, 1.54) is 0 Å². The van der Waals surface area contributed by atoms with Crippen molar-refractivity contribution in [3.05, 3.63) is 11.8 Å². The first-order chi connectivity index (χ1) is 7.11. The summed E-state index contributed by atoms with van der Waals surface area (Å²) < 4.78 is 6.99. The van der Waals surface area contributed by atoms with Gasteiger partial charge in [-0.2, -0.15) is 4.79 Å². The maximum absolute atomic E-state index is 11.9. The van der Waals surface area contributed by atoms with E-state index in [4.69, 9.17) is 4.74 Å². The highest BCUT2D eigenvalue weighted by atomic mass is 16.6. The summed E-state index contributed by atoms with van der Waals surface area (Å²) >= 11 is 0. The molecule has 0 aromatic rings. The molecule has 1 rings (SSSR count). The van der Waals surface area contributed by atoms with Gasteiger partial charge >= 0.3 is 6.09 Å². The molecule has 16 heavy (non-hydrogen) atoms. The summed E-state index contributed by atoms with van der Waals surface area (Å²) in [6, 6.07) is 0. The van der Waals surface area contributed by atoms with E-state index in [1.54, 1.807) is 4.58 Å². The first-order valence-corrected chi connectivity index (χ1v) is 5.67. The van der Waals surface area contributed by atoms with E-state index in [0.29, 0.717) is 0 Å². The number of rotatable bonds is 0. The maximum Gasteiger partial charge on any atom is 0.602 e. The second kappa shape index (κ2) is 4.04. The molecule has 0 aliphatic carbocycles. The van der Waals surface area contributed by atoms with Crippen LogP contribution in [0.15, 0.2) is 11.8 Å². The first-order valence-electron chi connectivity index (χ1n) is 5.67. The van der Waals surface area contributed by atoms with Crippen molar-refractivity contribution in [3.8, 4) is 0 Å². The minimum absolute atomic E-state index is 0.0378. The van der Waals surface area contributed by atoms with Crippen molar-refractivity contribution < 1.29 is 14.1 Å². The average Bonchev–Trinajstić information content (AvgIpc) is 2.45. The Morgan fingerprint density at radius 2 is 1.81 bits per heavy atom. The summed E-state index contributed by atoms with van der Waals surface area (Å²) in [6.45, 7) is 11.9. The zero-order valence-corrected chi connectivity index (χ0v) is 11.1. The second-order valence-corrected chi connectivity index (χ2v) is 6.11. The molecular weight excluding hydrogens is 202 g/mol. The van der Waals surface area contributed by atoms with Crippen LogP contribution in [0.4, 0.5) is 4.79 Å². The summed E-state index contributed by atoms with van der Waals surface area (Å²) in [6.07, 6.45) is 4.45. The van der Waals surface area contributed by atoms with Gasteiger partial charge in [-0.3, -0.25) is 0 Å². The Kier molecular flexibility index (Phi) is 3.27. The number of carbonyl (C=O) groups is 1. The maximum atomic E-state index is 11.9. The van der Waals surface area contributed by atoms with Crippen LogP contribution in [0.1, 0.15) is 48.0 Å². The minimum Gasteiger partial charge on any atom is -0.406 e. The molecule has 1 aliphatic rings. The van der Waals surface area contributed by atoms with E-state index in [1.807, 2.05) is 27.0 Å². The van der Waals surface area contributed by atoms with Gasteiger partial charge in [0.25, 0.3) is 0 Å². The van der Waals surface area contributed by atoms with Gasteiger partial charge in [-0.05, 0) is 26.8 Å². The Morgan fingerprint density at radius 3 is 2.25 bits per heavy atom. The predicted octanol–water partition coefficient (Wildman–Crippen LogP) is 3.34. The van der Waals surface area contributed by atoms with Crippen molar-refractivity contribution in [1.29, 1.82) is 0 Å². The quantitative estimate of drug-likeness (QED) is 0.590. The van der Waals surface area contributed by atoms with Crippen LogP contribution < -0.4 is 0 Å². The monoisotopic (exact) mass is 224 g/mol. The molecule has 1 aliphatic heterocycles. The van der Waals surface area contributed by atoms with E-state index in [2.05, 4.69) is 26.8 Å². The van der Waals surface area contributed by atoms with Crippen LogP contribution in [-0.2, 0) is 4.74 Å². The van der Waals surface area contributed by atoms with Crippen LogP contribution in [0, 0.1) is 5.41 Å². The van der Waals surface area contributed by atoms with Gasteiger partial charge in [0.1, 0.15) is 5.60 Å². The number of nitrogens with zero attached hydrogens (tertiary/aromatic N) is 1.